The van der Waals surface area contributed by atoms with Crippen LogP contribution in [0.15, 0.2) is 70.2 Å². The van der Waals surface area contributed by atoms with Crippen LogP contribution in [0.2, 0.25) is 0 Å². The molecule has 0 saturated carbocycles. The molecule has 0 fully saturated rings. The van der Waals surface area contributed by atoms with Crippen molar-refractivity contribution in [2.24, 2.45) is 0 Å². The highest BCUT2D eigenvalue weighted by Gasteiger charge is 2.12. The van der Waals surface area contributed by atoms with Crippen LogP contribution in [0.3, 0.4) is 0 Å². The van der Waals surface area contributed by atoms with E-state index in [0.717, 1.165) is 21.5 Å². The van der Waals surface area contributed by atoms with Crippen LogP contribution in [0.25, 0.3) is 10.9 Å². The fourth-order valence-electron chi connectivity index (χ4n) is 3.06. The number of hydrogen-bond donors (Lipinski definition) is 1. The maximum absolute atomic E-state index is 12.7. The minimum Gasteiger partial charge on any atom is -0.491 e. The zero-order valence-electron chi connectivity index (χ0n) is 17.1. The number of pyridine rings is 1. The van der Waals surface area contributed by atoms with E-state index in [2.05, 4.69) is 20.4 Å². The number of amides is 1. The van der Waals surface area contributed by atoms with Gasteiger partial charge < -0.3 is 14.6 Å². The lowest BCUT2D eigenvalue weighted by Gasteiger charge is -2.11. The van der Waals surface area contributed by atoms with E-state index >= 15 is 0 Å². The Kier molecular flexibility index (Phi) is 6.78. The van der Waals surface area contributed by atoms with Gasteiger partial charge in [-0.3, -0.25) is 9.78 Å². The minimum atomic E-state index is -0.114. The van der Waals surface area contributed by atoms with Gasteiger partial charge in [-0.1, -0.05) is 35.5 Å². The molecule has 158 valence electrons. The largest absolute Gasteiger partial charge is 0.491 e. The molecular formula is C23H22N4O3S. The fraction of sp³-hybridized carbons (Fsp3) is 0.217. The van der Waals surface area contributed by atoms with Gasteiger partial charge in [-0.15, -0.1) is 11.8 Å². The van der Waals surface area contributed by atoms with E-state index in [1.54, 1.807) is 13.1 Å². The van der Waals surface area contributed by atoms with E-state index in [9.17, 15) is 4.79 Å². The monoisotopic (exact) mass is 434 g/mol. The molecule has 0 aliphatic rings. The van der Waals surface area contributed by atoms with Crippen molar-refractivity contribution in [2.45, 2.75) is 24.0 Å². The standard InChI is InChI=1S/C23H22N4O3S/c1-16-26-21(30-27-16)15-31-20-11-3-2-9-18(20)23(28)25-13-6-14-29-19-10-4-7-17-8-5-12-24-22(17)19/h2-5,7-12H,6,13-15H2,1H3,(H,25,28). The van der Waals surface area contributed by atoms with Gasteiger partial charge >= 0.3 is 0 Å². The first-order valence-electron chi connectivity index (χ1n) is 9.96. The van der Waals surface area contributed by atoms with Crippen molar-refractivity contribution in [1.82, 2.24) is 20.4 Å². The molecule has 0 radical (unpaired) electrons. The van der Waals surface area contributed by atoms with E-state index in [0.29, 0.717) is 42.6 Å². The predicted octanol–water partition coefficient (Wildman–Crippen LogP) is 4.42. The van der Waals surface area contributed by atoms with Crippen molar-refractivity contribution in [2.75, 3.05) is 13.2 Å². The van der Waals surface area contributed by atoms with Gasteiger partial charge in [0.15, 0.2) is 5.82 Å². The Labute approximate surface area is 184 Å². The van der Waals surface area contributed by atoms with Gasteiger partial charge in [0.2, 0.25) is 5.89 Å². The number of nitrogens with one attached hydrogen (secondary N) is 1. The molecule has 0 saturated heterocycles. The molecule has 0 spiro atoms. The van der Waals surface area contributed by atoms with Crippen LogP contribution in [-0.2, 0) is 5.75 Å². The molecule has 0 aliphatic heterocycles. The van der Waals surface area contributed by atoms with Gasteiger partial charge in [-0.05, 0) is 37.6 Å². The molecule has 4 rings (SSSR count). The van der Waals surface area contributed by atoms with Gasteiger partial charge in [-0.2, -0.15) is 4.98 Å². The Bertz CT molecular complexity index is 1170. The van der Waals surface area contributed by atoms with Crippen LogP contribution in [0, 0.1) is 6.92 Å². The number of rotatable bonds is 9. The highest BCUT2D eigenvalue weighted by molar-refractivity contribution is 7.98. The first-order chi connectivity index (χ1) is 15.2. The van der Waals surface area contributed by atoms with E-state index in [-0.39, 0.29) is 5.91 Å². The lowest BCUT2D eigenvalue weighted by atomic mass is 10.2. The normalized spacial score (nSPS) is 10.9. The lowest BCUT2D eigenvalue weighted by molar-refractivity contribution is 0.0948. The number of ether oxygens (including phenoxy) is 1. The van der Waals surface area contributed by atoms with Crippen molar-refractivity contribution in [1.29, 1.82) is 0 Å². The highest BCUT2D eigenvalue weighted by Crippen LogP contribution is 2.26. The molecule has 0 aliphatic carbocycles. The molecule has 2 aromatic heterocycles. The average molecular weight is 435 g/mol. The quantitative estimate of drug-likeness (QED) is 0.308. The van der Waals surface area contributed by atoms with Crippen molar-refractivity contribution in [3.8, 4) is 5.75 Å². The number of hydrogen-bond acceptors (Lipinski definition) is 7. The molecule has 2 aromatic carbocycles. The van der Waals surface area contributed by atoms with Crippen LogP contribution in [0.1, 0.15) is 28.5 Å². The SMILES string of the molecule is Cc1noc(CSc2ccccc2C(=O)NCCCOc2cccc3cccnc23)n1. The van der Waals surface area contributed by atoms with Crippen LogP contribution in [-0.4, -0.2) is 34.2 Å². The second-order valence-corrected chi connectivity index (χ2v) is 7.83. The summed E-state index contributed by atoms with van der Waals surface area (Å²) >= 11 is 1.50. The molecular weight excluding hydrogens is 412 g/mol. The summed E-state index contributed by atoms with van der Waals surface area (Å²) in [6, 6.07) is 17.3. The molecule has 4 aromatic rings. The number of thioether (sulfide) groups is 1. The lowest BCUT2D eigenvalue weighted by Crippen LogP contribution is -2.26. The van der Waals surface area contributed by atoms with Gasteiger partial charge in [0, 0.05) is 23.0 Å². The number of carbonyl (C=O) groups excluding carboxylic acids is 1. The third kappa shape index (κ3) is 5.40. The molecule has 8 heteroatoms. The summed E-state index contributed by atoms with van der Waals surface area (Å²) in [7, 11) is 0. The van der Waals surface area contributed by atoms with Crippen molar-refractivity contribution in [3.05, 3.63) is 78.1 Å². The van der Waals surface area contributed by atoms with Gasteiger partial charge in [0.1, 0.15) is 11.3 Å². The molecule has 1 N–H and O–H groups in total. The number of fused-ring (bicyclic) bond motifs is 1. The van der Waals surface area contributed by atoms with Crippen LogP contribution in [0.4, 0.5) is 0 Å². The summed E-state index contributed by atoms with van der Waals surface area (Å²) in [5, 5.41) is 7.79. The number of para-hydroxylation sites is 1. The van der Waals surface area contributed by atoms with Crippen molar-refractivity contribution < 1.29 is 14.1 Å². The maximum Gasteiger partial charge on any atom is 0.252 e. The van der Waals surface area contributed by atoms with E-state index in [1.807, 2.05) is 54.6 Å². The fourth-order valence-corrected chi connectivity index (χ4v) is 3.95. The molecule has 31 heavy (non-hydrogen) atoms. The Morgan fingerprint density at radius 3 is 2.87 bits per heavy atom. The van der Waals surface area contributed by atoms with Gasteiger partial charge in [0.25, 0.3) is 5.91 Å². The molecule has 2 heterocycles. The number of aryl methyl sites for hydroxylation is 1. The summed E-state index contributed by atoms with van der Waals surface area (Å²) < 4.78 is 11.0. The molecule has 0 atom stereocenters. The molecule has 7 nitrogen and oxygen atoms in total. The summed E-state index contributed by atoms with van der Waals surface area (Å²) in [6.07, 6.45) is 2.44. The van der Waals surface area contributed by atoms with Crippen LogP contribution in [0.5, 0.6) is 5.75 Å². The number of aromatic nitrogens is 3. The predicted molar refractivity (Wildman–Crippen MR) is 119 cm³/mol. The molecule has 1 amide bonds. The smallest absolute Gasteiger partial charge is 0.252 e. The highest BCUT2D eigenvalue weighted by atomic mass is 32.2. The Morgan fingerprint density at radius 2 is 2.00 bits per heavy atom. The van der Waals surface area contributed by atoms with Crippen molar-refractivity contribution in [3.63, 3.8) is 0 Å². The summed E-state index contributed by atoms with van der Waals surface area (Å²) in [4.78, 5) is 22.1. The number of benzene rings is 2. The summed E-state index contributed by atoms with van der Waals surface area (Å²) in [5.74, 6) is 2.29. The second-order valence-electron chi connectivity index (χ2n) is 6.81. The maximum atomic E-state index is 12.7. The minimum absolute atomic E-state index is 0.114. The third-order valence-corrected chi connectivity index (χ3v) is 5.57. The van der Waals surface area contributed by atoms with Crippen LogP contribution >= 0.6 is 11.8 Å². The first kappa shape index (κ1) is 20.9. The second kappa shape index (κ2) is 10.1. The molecule has 0 bridgehead atoms. The number of carbonyl (C=O) groups is 1. The van der Waals surface area contributed by atoms with E-state index in [1.165, 1.54) is 11.8 Å². The zero-order chi connectivity index (χ0) is 21.5. The van der Waals surface area contributed by atoms with Gasteiger partial charge in [0.05, 0.1) is 17.9 Å². The molecule has 0 unspecified atom stereocenters. The average Bonchev–Trinajstić information content (AvgIpc) is 3.22. The summed E-state index contributed by atoms with van der Waals surface area (Å²) in [6.45, 7) is 2.78. The van der Waals surface area contributed by atoms with Gasteiger partial charge in [-0.25, -0.2) is 0 Å². The number of nitrogens with zero attached hydrogens (tertiary/aromatic N) is 3. The Morgan fingerprint density at radius 1 is 1.13 bits per heavy atom. The van der Waals surface area contributed by atoms with E-state index in [4.69, 9.17) is 9.26 Å². The Hall–Kier alpha value is -3.39. The van der Waals surface area contributed by atoms with Crippen molar-refractivity contribution >= 4 is 28.6 Å². The topological polar surface area (TPSA) is 90.1 Å². The summed E-state index contributed by atoms with van der Waals surface area (Å²) in [5.41, 5.74) is 1.47. The first-order valence-corrected chi connectivity index (χ1v) is 10.9. The zero-order valence-corrected chi connectivity index (χ0v) is 17.9. The third-order valence-electron chi connectivity index (χ3n) is 4.51. The van der Waals surface area contributed by atoms with E-state index < -0.39 is 0 Å². The Balaban J connectivity index is 1.27. The van der Waals surface area contributed by atoms with Crippen LogP contribution < -0.4 is 10.1 Å².